The molecule has 0 bridgehead atoms. The van der Waals surface area contributed by atoms with Crippen molar-refractivity contribution in [2.24, 2.45) is 0 Å². The summed E-state index contributed by atoms with van der Waals surface area (Å²) in [6, 6.07) is -0.203. The minimum Gasteiger partial charge on any atom is -0.204 e. The maximum atomic E-state index is 13.7. The lowest BCUT2D eigenvalue weighted by molar-refractivity contribution is 0.437. The lowest BCUT2D eigenvalue weighted by Crippen LogP contribution is -2.07. The van der Waals surface area contributed by atoms with E-state index in [0.717, 1.165) is 0 Å². The van der Waals surface area contributed by atoms with Crippen LogP contribution in [0.3, 0.4) is 0 Å². The van der Waals surface area contributed by atoms with Gasteiger partial charge in [-0.05, 0) is 6.92 Å². The Bertz CT molecular complexity index is 697. The molecule has 8 heteroatoms. The molecule has 2 rings (SSSR count). The average Bonchev–Trinajstić information content (AvgIpc) is 2.54. The van der Waals surface area contributed by atoms with E-state index < -0.39 is 63.2 Å². The Kier molecular flexibility index (Phi) is 5.74. The van der Waals surface area contributed by atoms with Gasteiger partial charge < -0.3 is 0 Å². The van der Waals surface area contributed by atoms with Crippen LogP contribution in [0.4, 0.5) is 35.1 Å². The number of hydrogen-bond acceptors (Lipinski definition) is 0. The van der Waals surface area contributed by atoms with Gasteiger partial charge in [-0.15, -0.1) is 0 Å². The van der Waals surface area contributed by atoms with Crippen molar-refractivity contribution in [1.82, 2.24) is 0 Å². The van der Waals surface area contributed by atoms with Crippen LogP contribution in [0.2, 0.25) is 0 Å². The third-order valence-corrected chi connectivity index (χ3v) is 2.84. The smallest absolute Gasteiger partial charge is 0.170 e. The van der Waals surface area contributed by atoms with Gasteiger partial charge in [0, 0.05) is 11.6 Å². The second-order valence-corrected chi connectivity index (χ2v) is 4.10. The van der Waals surface area contributed by atoms with E-state index in [4.69, 9.17) is 0 Å². The molecule has 23 heavy (non-hydrogen) atoms. The molecule has 0 spiro atoms. The van der Waals surface area contributed by atoms with E-state index in [1.54, 1.807) is 0 Å². The van der Waals surface area contributed by atoms with Gasteiger partial charge in [0.25, 0.3) is 0 Å². The van der Waals surface area contributed by atoms with Gasteiger partial charge in [0.1, 0.15) is 0 Å². The molecule has 0 heterocycles. The Labute approximate surface area is 126 Å². The summed E-state index contributed by atoms with van der Waals surface area (Å²) in [6.07, 6.45) is 0. The zero-order valence-electron chi connectivity index (χ0n) is 12.1. The molecule has 0 atom stereocenters. The fraction of sp³-hybridized carbons (Fsp3) is 0.200. The van der Waals surface area contributed by atoms with Gasteiger partial charge in [0.05, 0.1) is 11.1 Å². The molecule has 2 aromatic carbocycles. The van der Waals surface area contributed by atoms with E-state index in [2.05, 4.69) is 0 Å². The largest absolute Gasteiger partial charge is 0.204 e. The summed E-state index contributed by atoms with van der Waals surface area (Å²) in [6.45, 7) is 4.68. The molecule has 0 radical (unpaired) electrons. The van der Waals surface area contributed by atoms with Crippen molar-refractivity contribution >= 4 is 0 Å². The van der Waals surface area contributed by atoms with E-state index in [9.17, 15) is 35.1 Å². The van der Waals surface area contributed by atoms with Gasteiger partial charge in [0.2, 0.25) is 0 Å². The van der Waals surface area contributed by atoms with Crippen LogP contribution < -0.4 is 0 Å². The molecule has 0 amide bonds. The van der Waals surface area contributed by atoms with E-state index >= 15 is 0 Å². The molecular formula is C15H10F8. The predicted octanol–water partition coefficient (Wildman–Crippen LogP) is 5.80. The number of hydrogen-bond donors (Lipinski definition) is 0. The molecule has 0 unspecified atom stereocenters. The molecule has 0 aliphatic heterocycles. The zero-order chi connectivity index (χ0) is 18.1. The molecule has 0 aliphatic carbocycles. The van der Waals surface area contributed by atoms with Crippen molar-refractivity contribution in [1.29, 1.82) is 0 Å². The van der Waals surface area contributed by atoms with Crippen LogP contribution in [-0.4, -0.2) is 0 Å². The first kappa shape index (κ1) is 18.9. The molecule has 0 aliphatic rings. The molecule has 0 saturated carbocycles. The normalized spacial score (nSPS) is 10.4. The Morgan fingerprint density at radius 1 is 0.522 bits per heavy atom. The number of rotatable bonds is 1. The van der Waals surface area contributed by atoms with E-state index in [1.165, 1.54) is 0 Å². The van der Waals surface area contributed by atoms with Crippen LogP contribution >= 0.6 is 0 Å². The first-order chi connectivity index (χ1) is 10.7. The van der Waals surface area contributed by atoms with Crippen LogP contribution in [0.1, 0.15) is 19.4 Å². The molecule has 126 valence electrons. The van der Waals surface area contributed by atoms with Gasteiger partial charge in [0.15, 0.2) is 46.5 Å². The third kappa shape index (κ3) is 3.02. The number of halogens is 8. The maximum Gasteiger partial charge on any atom is 0.170 e. The van der Waals surface area contributed by atoms with Crippen molar-refractivity contribution in [3.8, 4) is 11.1 Å². The van der Waals surface area contributed by atoms with Crippen molar-refractivity contribution in [2.75, 3.05) is 0 Å². The lowest BCUT2D eigenvalue weighted by atomic mass is 10.00. The predicted molar refractivity (Wildman–Crippen MR) is 67.6 cm³/mol. The van der Waals surface area contributed by atoms with Crippen molar-refractivity contribution in [3.63, 3.8) is 0 Å². The van der Waals surface area contributed by atoms with Crippen molar-refractivity contribution in [2.45, 2.75) is 20.8 Å². The highest BCUT2D eigenvalue weighted by Crippen LogP contribution is 2.36. The van der Waals surface area contributed by atoms with E-state index in [1.807, 2.05) is 13.8 Å². The Morgan fingerprint density at radius 2 is 0.826 bits per heavy atom. The van der Waals surface area contributed by atoms with Crippen LogP contribution in [0.25, 0.3) is 11.1 Å². The monoisotopic (exact) mass is 342 g/mol. The molecular weight excluding hydrogens is 332 g/mol. The Hall–Kier alpha value is -2.12. The minimum absolute atomic E-state index is 0.203. The molecule has 2 aromatic rings. The molecule has 0 saturated heterocycles. The first-order valence-corrected chi connectivity index (χ1v) is 6.34. The summed E-state index contributed by atoms with van der Waals surface area (Å²) in [5.41, 5.74) is -4.80. The molecule has 0 fully saturated rings. The summed E-state index contributed by atoms with van der Waals surface area (Å²) in [7, 11) is 0. The van der Waals surface area contributed by atoms with Gasteiger partial charge in [-0.1, -0.05) is 13.8 Å². The van der Waals surface area contributed by atoms with E-state index in [-0.39, 0.29) is 6.07 Å². The zero-order valence-corrected chi connectivity index (χ0v) is 12.1. The van der Waals surface area contributed by atoms with Crippen LogP contribution in [0, 0.1) is 53.5 Å². The van der Waals surface area contributed by atoms with Gasteiger partial charge in [-0.2, -0.15) is 0 Å². The molecule has 0 nitrogen and oxygen atoms in total. The summed E-state index contributed by atoms with van der Waals surface area (Å²) < 4.78 is 107. The van der Waals surface area contributed by atoms with Crippen LogP contribution in [0.15, 0.2) is 6.07 Å². The van der Waals surface area contributed by atoms with Gasteiger partial charge in [-0.3, -0.25) is 0 Å². The second-order valence-electron chi connectivity index (χ2n) is 4.10. The van der Waals surface area contributed by atoms with Gasteiger partial charge >= 0.3 is 0 Å². The first-order valence-electron chi connectivity index (χ1n) is 6.34. The average molecular weight is 342 g/mol. The maximum absolute atomic E-state index is 13.7. The quantitative estimate of drug-likeness (QED) is 0.454. The standard InChI is InChI=1S/C13H4F8.C2H6/c1-3-8(16)12(20)7(13(21)9(3)17)6-10(18)4(14)2-5(15)11(6)19;1-2/h2H,1H3;1-2H3. The summed E-state index contributed by atoms with van der Waals surface area (Å²) in [4.78, 5) is 0. The second kappa shape index (κ2) is 6.97. The third-order valence-electron chi connectivity index (χ3n) is 2.84. The molecule has 0 N–H and O–H groups in total. The Morgan fingerprint density at radius 3 is 1.17 bits per heavy atom. The highest BCUT2D eigenvalue weighted by molar-refractivity contribution is 5.67. The van der Waals surface area contributed by atoms with Crippen molar-refractivity contribution in [3.05, 3.63) is 58.2 Å². The van der Waals surface area contributed by atoms with Crippen LogP contribution in [0.5, 0.6) is 0 Å². The Balaban J connectivity index is 0.00000127. The van der Waals surface area contributed by atoms with Gasteiger partial charge in [-0.25, -0.2) is 35.1 Å². The summed E-state index contributed by atoms with van der Waals surface area (Å²) in [5.74, 6) is -16.4. The lowest BCUT2D eigenvalue weighted by Gasteiger charge is -2.12. The fourth-order valence-corrected chi connectivity index (χ4v) is 1.75. The minimum atomic E-state index is -2.17. The number of benzene rings is 2. The topological polar surface area (TPSA) is 0 Å². The van der Waals surface area contributed by atoms with Crippen LogP contribution in [-0.2, 0) is 0 Å². The fourth-order valence-electron chi connectivity index (χ4n) is 1.75. The van der Waals surface area contributed by atoms with Crippen molar-refractivity contribution < 1.29 is 35.1 Å². The summed E-state index contributed by atoms with van der Waals surface area (Å²) in [5, 5.41) is 0. The summed E-state index contributed by atoms with van der Waals surface area (Å²) >= 11 is 0. The molecule has 0 aromatic heterocycles. The SMILES string of the molecule is CC.Cc1c(F)c(F)c(-c2c(F)c(F)cc(F)c2F)c(F)c1F. The highest BCUT2D eigenvalue weighted by atomic mass is 19.2. The van der Waals surface area contributed by atoms with E-state index in [0.29, 0.717) is 6.92 Å². The highest BCUT2D eigenvalue weighted by Gasteiger charge is 2.30.